The predicted octanol–water partition coefficient (Wildman–Crippen LogP) is 3.54. The maximum atomic E-state index is 13.6. The molecule has 0 unspecified atom stereocenters. The predicted molar refractivity (Wildman–Crippen MR) is 137 cm³/mol. The number of nitrogens with zero attached hydrogens (tertiary/aromatic N) is 2. The molecule has 0 bridgehead atoms. The second kappa shape index (κ2) is 10.6. The summed E-state index contributed by atoms with van der Waals surface area (Å²) >= 11 is 12.5. The Morgan fingerprint density at radius 2 is 1.71 bits per heavy atom. The Morgan fingerprint density at radius 3 is 2.37 bits per heavy atom. The second-order valence-electron chi connectivity index (χ2n) is 9.48. The molecule has 2 amide bonds. The number of ether oxygens (including phenoxy) is 2. The van der Waals surface area contributed by atoms with Crippen LogP contribution in [0.25, 0.3) is 0 Å². The number of halogens is 2. The second-order valence-corrected chi connectivity index (χ2v) is 10.3. The fourth-order valence-electron chi connectivity index (χ4n) is 4.29. The molecule has 0 spiro atoms. The maximum Gasteiger partial charge on any atom is 0.245 e. The van der Waals surface area contributed by atoms with Crippen molar-refractivity contribution in [2.45, 2.75) is 30.7 Å². The van der Waals surface area contributed by atoms with Crippen molar-refractivity contribution >= 4 is 35.0 Å². The summed E-state index contributed by atoms with van der Waals surface area (Å²) in [5.41, 5.74) is 0.880. The minimum atomic E-state index is -0.741. The van der Waals surface area contributed by atoms with E-state index in [1.54, 1.807) is 30.1 Å². The number of rotatable bonds is 9. The third-order valence-corrected chi connectivity index (χ3v) is 7.09. The van der Waals surface area contributed by atoms with Crippen LogP contribution in [0.4, 0.5) is 0 Å². The largest absolute Gasteiger partial charge is 0.486 e. The number of hydrogen-bond acceptors (Lipinski definition) is 5. The van der Waals surface area contributed by atoms with Gasteiger partial charge in [-0.25, -0.2) is 0 Å². The summed E-state index contributed by atoms with van der Waals surface area (Å²) in [4.78, 5) is 30.7. The highest BCUT2D eigenvalue weighted by molar-refractivity contribution is 6.35. The van der Waals surface area contributed by atoms with Crippen LogP contribution < -0.4 is 14.8 Å². The van der Waals surface area contributed by atoms with Crippen molar-refractivity contribution in [1.29, 1.82) is 0 Å². The van der Waals surface area contributed by atoms with Gasteiger partial charge in [-0.3, -0.25) is 9.59 Å². The van der Waals surface area contributed by atoms with Gasteiger partial charge >= 0.3 is 0 Å². The first kappa shape index (κ1) is 25.6. The van der Waals surface area contributed by atoms with Crippen LogP contribution in [0.3, 0.4) is 0 Å². The van der Waals surface area contributed by atoms with E-state index < -0.39 is 11.5 Å². The molecule has 1 aliphatic carbocycles. The number of nitrogens with one attached hydrogen (secondary N) is 1. The van der Waals surface area contributed by atoms with Crippen molar-refractivity contribution in [3.05, 3.63) is 57.6 Å². The van der Waals surface area contributed by atoms with Crippen molar-refractivity contribution in [1.82, 2.24) is 15.1 Å². The zero-order valence-electron chi connectivity index (χ0n) is 20.3. The van der Waals surface area contributed by atoms with Gasteiger partial charge in [-0.1, -0.05) is 35.3 Å². The molecule has 2 aromatic carbocycles. The van der Waals surface area contributed by atoms with E-state index in [-0.39, 0.29) is 11.8 Å². The van der Waals surface area contributed by atoms with Crippen LogP contribution in [0, 0.1) is 0 Å². The van der Waals surface area contributed by atoms with Gasteiger partial charge in [0.05, 0.1) is 5.41 Å². The van der Waals surface area contributed by atoms with Crippen molar-refractivity contribution < 1.29 is 19.1 Å². The highest BCUT2D eigenvalue weighted by Gasteiger charge is 2.53. The van der Waals surface area contributed by atoms with Crippen molar-refractivity contribution in [2.24, 2.45) is 0 Å². The molecule has 1 fully saturated rings. The number of hydrogen-bond donors (Lipinski definition) is 1. The topological polar surface area (TPSA) is 71.1 Å². The number of fused-ring (bicyclic) bond motifs is 1. The lowest BCUT2D eigenvalue weighted by Gasteiger charge is -2.28. The molecule has 9 heteroatoms. The zero-order chi connectivity index (χ0) is 25.2. The highest BCUT2D eigenvalue weighted by Crippen LogP contribution is 2.51. The van der Waals surface area contributed by atoms with Crippen LogP contribution in [0.2, 0.25) is 10.0 Å². The van der Waals surface area contributed by atoms with E-state index in [2.05, 4.69) is 5.32 Å². The Labute approximate surface area is 216 Å². The first-order valence-electron chi connectivity index (χ1n) is 11.7. The third-order valence-electron chi connectivity index (χ3n) is 6.54. The quantitative estimate of drug-likeness (QED) is 0.548. The zero-order valence-corrected chi connectivity index (χ0v) is 21.8. The first-order chi connectivity index (χ1) is 16.7. The molecule has 0 aromatic heterocycles. The lowest BCUT2D eigenvalue weighted by Crippen LogP contribution is -2.52. The van der Waals surface area contributed by atoms with Crippen LogP contribution in [-0.4, -0.2) is 75.1 Å². The number of carbonyl (C=O) groups is 2. The van der Waals surface area contributed by atoms with E-state index in [1.807, 2.05) is 37.2 Å². The van der Waals surface area contributed by atoms with Gasteiger partial charge < -0.3 is 24.6 Å². The van der Waals surface area contributed by atoms with E-state index in [0.717, 1.165) is 17.7 Å². The standard InChI is InChI=1S/C26H31Cl2N3O4/c1-30(2)10-11-31(3)24(32)21(14-17-4-7-22-23(15-17)35-13-12-34-22)29-25(33)26(8-9-26)19-6-5-18(27)16-20(19)28/h4-7,15-16,21H,8-14H2,1-3H3,(H,29,33)/t21-/m0/s1. The third kappa shape index (κ3) is 5.85. The average molecular weight is 520 g/mol. The molecule has 1 atom stereocenters. The molecular weight excluding hydrogens is 489 g/mol. The van der Waals surface area contributed by atoms with E-state index in [1.165, 1.54) is 0 Å². The normalized spacial score (nSPS) is 16.5. The smallest absolute Gasteiger partial charge is 0.245 e. The first-order valence-corrected chi connectivity index (χ1v) is 12.5. The molecule has 2 aromatic rings. The highest BCUT2D eigenvalue weighted by atomic mass is 35.5. The van der Waals surface area contributed by atoms with Crippen LogP contribution in [0.15, 0.2) is 36.4 Å². The van der Waals surface area contributed by atoms with Crippen molar-refractivity contribution in [2.75, 3.05) is 47.4 Å². The van der Waals surface area contributed by atoms with E-state index in [4.69, 9.17) is 32.7 Å². The molecule has 4 rings (SSSR count). The van der Waals surface area contributed by atoms with Crippen LogP contribution in [-0.2, 0) is 21.4 Å². The fraction of sp³-hybridized carbons (Fsp3) is 0.462. The minimum absolute atomic E-state index is 0.145. The van der Waals surface area contributed by atoms with Crippen LogP contribution in [0.5, 0.6) is 11.5 Å². The van der Waals surface area contributed by atoms with E-state index in [9.17, 15) is 9.59 Å². The van der Waals surface area contributed by atoms with Gasteiger partial charge in [0, 0.05) is 36.6 Å². The molecule has 0 radical (unpaired) electrons. The molecule has 1 aliphatic heterocycles. The van der Waals surface area contributed by atoms with E-state index in [0.29, 0.717) is 60.6 Å². The molecule has 35 heavy (non-hydrogen) atoms. The van der Waals surface area contributed by atoms with E-state index >= 15 is 0 Å². The number of amides is 2. The maximum absolute atomic E-state index is 13.6. The minimum Gasteiger partial charge on any atom is -0.486 e. The van der Waals surface area contributed by atoms with Crippen LogP contribution >= 0.6 is 23.2 Å². The van der Waals surface area contributed by atoms with Gasteiger partial charge in [-0.15, -0.1) is 0 Å². The molecule has 1 saturated carbocycles. The Hall–Kier alpha value is -2.48. The van der Waals surface area contributed by atoms with Gasteiger partial charge in [0.15, 0.2) is 11.5 Å². The van der Waals surface area contributed by atoms with Crippen molar-refractivity contribution in [3.8, 4) is 11.5 Å². The molecule has 188 valence electrons. The molecule has 1 N–H and O–H groups in total. The summed E-state index contributed by atoms with van der Waals surface area (Å²) in [5.74, 6) is 0.995. The number of benzene rings is 2. The monoisotopic (exact) mass is 519 g/mol. The van der Waals surface area contributed by atoms with Gasteiger partial charge in [-0.2, -0.15) is 0 Å². The fourth-order valence-corrected chi connectivity index (χ4v) is 4.88. The van der Waals surface area contributed by atoms with Gasteiger partial charge in [0.2, 0.25) is 11.8 Å². The molecular formula is C26H31Cl2N3O4. The summed E-state index contributed by atoms with van der Waals surface area (Å²) in [6, 6.07) is 10.1. The summed E-state index contributed by atoms with van der Waals surface area (Å²) in [5, 5.41) is 4.03. The lowest BCUT2D eigenvalue weighted by molar-refractivity contribution is -0.136. The molecule has 1 heterocycles. The Bertz CT molecular complexity index is 1100. The summed E-state index contributed by atoms with van der Waals surface area (Å²) < 4.78 is 11.3. The summed E-state index contributed by atoms with van der Waals surface area (Å²) in [6.45, 7) is 2.26. The van der Waals surface area contributed by atoms with Crippen molar-refractivity contribution in [3.63, 3.8) is 0 Å². The Kier molecular flexibility index (Phi) is 7.79. The molecule has 2 aliphatic rings. The van der Waals surface area contributed by atoms with Gasteiger partial charge in [-0.05, 0) is 62.3 Å². The van der Waals surface area contributed by atoms with Crippen LogP contribution in [0.1, 0.15) is 24.0 Å². The lowest BCUT2D eigenvalue weighted by atomic mass is 9.93. The Balaban J connectivity index is 1.56. The number of carbonyl (C=O) groups excluding carboxylic acids is 2. The average Bonchev–Trinajstić information content (AvgIpc) is 3.63. The van der Waals surface area contributed by atoms with Gasteiger partial charge in [0.25, 0.3) is 0 Å². The summed E-state index contributed by atoms with van der Waals surface area (Å²) in [7, 11) is 5.68. The Morgan fingerprint density at radius 1 is 1.00 bits per heavy atom. The van der Waals surface area contributed by atoms with Gasteiger partial charge in [0.1, 0.15) is 19.3 Å². The molecule has 7 nitrogen and oxygen atoms in total. The summed E-state index contributed by atoms with van der Waals surface area (Å²) in [6.07, 6.45) is 1.67. The SMILES string of the molecule is CN(C)CCN(C)C(=O)[C@H](Cc1ccc2c(c1)OCCO2)NC(=O)C1(c2ccc(Cl)cc2Cl)CC1. The number of likely N-dealkylation sites (N-methyl/N-ethyl adjacent to an activating group) is 2. The molecule has 0 saturated heterocycles.